The molecule has 1 heterocycles. The average molecular weight is 261 g/mol. The van der Waals surface area contributed by atoms with Gasteiger partial charge >= 0.3 is 5.69 Å². The van der Waals surface area contributed by atoms with Crippen molar-refractivity contribution in [3.63, 3.8) is 0 Å². The van der Waals surface area contributed by atoms with Crippen LogP contribution in [0.25, 0.3) is 0 Å². The Morgan fingerprint density at radius 1 is 1.28 bits per heavy atom. The Labute approximate surface area is 108 Å². The third-order valence-corrected chi connectivity index (χ3v) is 3.28. The molecule has 0 atom stereocenters. The number of benzene rings is 1. The van der Waals surface area contributed by atoms with Crippen molar-refractivity contribution >= 4 is 17.4 Å². The van der Waals surface area contributed by atoms with Gasteiger partial charge in [-0.15, -0.1) is 11.8 Å². The standard InChI is InChI=1S/C12H11N3O2S/c1-18-11-5-3-2-4-9(11)6-12-13-7-10(8-14-12)15(16)17/h2-5,7-8H,6H2,1H3. The van der Waals surface area contributed by atoms with Crippen molar-refractivity contribution in [3.05, 3.63) is 58.2 Å². The van der Waals surface area contributed by atoms with E-state index in [1.807, 2.05) is 30.5 Å². The van der Waals surface area contributed by atoms with Gasteiger partial charge in [0.05, 0.1) is 4.92 Å². The molecule has 0 aliphatic heterocycles. The topological polar surface area (TPSA) is 68.9 Å². The van der Waals surface area contributed by atoms with E-state index in [1.54, 1.807) is 11.8 Å². The van der Waals surface area contributed by atoms with E-state index in [9.17, 15) is 10.1 Å². The average Bonchev–Trinajstić information content (AvgIpc) is 2.40. The summed E-state index contributed by atoms with van der Waals surface area (Å²) in [5.74, 6) is 0.585. The van der Waals surface area contributed by atoms with E-state index in [4.69, 9.17) is 0 Å². The second kappa shape index (κ2) is 5.59. The van der Waals surface area contributed by atoms with E-state index in [1.165, 1.54) is 17.3 Å². The first-order chi connectivity index (χ1) is 8.70. The van der Waals surface area contributed by atoms with Gasteiger partial charge in [-0.3, -0.25) is 10.1 Å². The fraction of sp³-hybridized carbons (Fsp3) is 0.167. The molecule has 0 saturated carbocycles. The predicted molar refractivity (Wildman–Crippen MR) is 69.7 cm³/mol. The Balaban J connectivity index is 2.21. The molecule has 1 aromatic carbocycles. The molecule has 1 aromatic heterocycles. The zero-order valence-corrected chi connectivity index (χ0v) is 10.6. The minimum Gasteiger partial charge on any atom is -0.258 e. The Bertz CT molecular complexity index is 558. The van der Waals surface area contributed by atoms with E-state index >= 15 is 0 Å². The molecule has 2 aromatic rings. The first-order valence-electron chi connectivity index (χ1n) is 5.28. The summed E-state index contributed by atoms with van der Waals surface area (Å²) >= 11 is 1.66. The fourth-order valence-electron chi connectivity index (χ4n) is 1.55. The number of thioether (sulfide) groups is 1. The fourth-order valence-corrected chi connectivity index (χ4v) is 2.17. The summed E-state index contributed by atoms with van der Waals surface area (Å²) in [5, 5.41) is 10.5. The monoisotopic (exact) mass is 261 g/mol. The van der Waals surface area contributed by atoms with E-state index in [0.29, 0.717) is 12.2 Å². The molecular weight excluding hydrogens is 250 g/mol. The summed E-state index contributed by atoms with van der Waals surface area (Å²) in [6, 6.07) is 7.98. The lowest BCUT2D eigenvalue weighted by molar-refractivity contribution is -0.385. The van der Waals surface area contributed by atoms with Crippen LogP contribution in [0, 0.1) is 10.1 Å². The molecule has 0 spiro atoms. The summed E-state index contributed by atoms with van der Waals surface area (Å²) in [4.78, 5) is 19.2. The highest BCUT2D eigenvalue weighted by Crippen LogP contribution is 2.21. The van der Waals surface area contributed by atoms with Gasteiger partial charge in [-0.25, -0.2) is 9.97 Å². The van der Waals surface area contributed by atoms with E-state index < -0.39 is 4.92 Å². The normalized spacial score (nSPS) is 10.3. The molecule has 0 fully saturated rings. The van der Waals surface area contributed by atoms with E-state index in [-0.39, 0.29) is 5.69 Å². The summed E-state index contributed by atoms with van der Waals surface area (Å²) in [7, 11) is 0. The molecule has 0 aliphatic carbocycles. The molecule has 0 saturated heterocycles. The highest BCUT2D eigenvalue weighted by atomic mass is 32.2. The largest absolute Gasteiger partial charge is 0.305 e. The van der Waals surface area contributed by atoms with Crippen LogP contribution in [0.1, 0.15) is 11.4 Å². The summed E-state index contributed by atoms with van der Waals surface area (Å²) in [6.45, 7) is 0. The molecule has 0 aliphatic rings. The van der Waals surface area contributed by atoms with Gasteiger partial charge < -0.3 is 0 Å². The maximum atomic E-state index is 10.5. The Hall–Kier alpha value is -1.95. The van der Waals surface area contributed by atoms with Gasteiger partial charge in [-0.1, -0.05) is 18.2 Å². The molecule has 2 rings (SSSR count). The van der Waals surface area contributed by atoms with Gasteiger partial charge in [-0.05, 0) is 17.9 Å². The van der Waals surface area contributed by atoms with E-state index in [0.717, 1.165) is 5.56 Å². The zero-order chi connectivity index (χ0) is 13.0. The second-order valence-corrected chi connectivity index (χ2v) is 4.45. The molecule has 0 amide bonds. The van der Waals surface area contributed by atoms with Crippen LogP contribution < -0.4 is 0 Å². The van der Waals surface area contributed by atoms with Crippen LogP contribution in [-0.4, -0.2) is 21.1 Å². The third-order valence-electron chi connectivity index (χ3n) is 2.44. The lowest BCUT2D eigenvalue weighted by Crippen LogP contribution is -1.99. The molecule has 18 heavy (non-hydrogen) atoms. The van der Waals surface area contributed by atoms with Crippen LogP contribution in [0.5, 0.6) is 0 Å². The Kier molecular flexibility index (Phi) is 3.88. The quantitative estimate of drug-likeness (QED) is 0.481. The molecule has 0 radical (unpaired) electrons. The van der Waals surface area contributed by atoms with Crippen molar-refractivity contribution in [1.82, 2.24) is 9.97 Å². The van der Waals surface area contributed by atoms with Crippen LogP contribution >= 0.6 is 11.8 Å². The minimum atomic E-state index is -0.500. The van der Waals surface area contributed by atoms with Crippen LogP contribution in [0.4, 0.5) is 5.69 Å². The SMILES string of the molecule is CSc1ccccc1Cc1ncc([N+](=O)[O-])cn1. The number of nitro groups is 1. The van der Waals surface area contributed by atoms with Crippen molar-refractivity contribution in [2.24, 2.45) is 0 Å². The smallest absolute Gasteiger partial charge is 0.258 e. The molecule has 0 bridgehead atoms. The summed E-state index contributed by atoms with van der Waals surface area (Å²) in [5.41, 5.74) is 1.04. The van der Waals surface area contributed by atoms with Gasteiger partial charge in [0, 0.05) is 11.3 Å². The van der Waals surface area contributed by atoms with Gasteiger partial charge in [0.25, 0.3) is 0 Å². The highest BCUT2D eigenvalue weighted by molar-refractivity contribution is 7.98. The Morgan fingerprint density at radius 3 is 2.56 bits per heavy atom. The van der Waals surface area contributed by atoms with Gasteiger partial charge in [0.15, 0.2) is 0 Å². The maximum absolute atomic E-state index is 10.5. The van der Waals surface area contributed by atoms with Crippen LogP contribution in [0.3, 0.4) is 0 Å². The van der Waals surface area contributed by atoms with Crippen molar-refractivity contribution in [1.29, 1.82) is 0 Å². The number of nitrogens with zero attached hydrogens (tertiary/aromatic N) is 3. The van der Waals surface area contributed by atoms with Crippen LogP contribution in [0.2, 0.25) is 0 Å². The second-order valence-electron chi connectivity index (χ2n) is 3.60. The first-order valence-corrected chi connectivity index (χ1v) is 6.50. The van der Waals surface area contributed by atoms with E-state index in [2.05, 4.69) is 9.97 Å². The number of rotatable bonds is 4. The van der Waals surface area contributed by atoms with Gasteiger partial charge in [0.1, 0.15) is 18.2 Å². The lowest BCUT2D eigenvalue weighted by Gasteiger charge is -2.05. The number of aromatic nitrogens is 2. The molecule has 0 N–H and O–H groups in total. The third kappa shape index (κ3) is 2.84. The number of hydrogen-bond donors (Lipinski definition) is 0. The predicted octanol–water partition coefficient (Wildman–Crippen LogP) is 2.70. The van der Waals surface area contributed by atoms with Crippen molar-refractivity contribution in [2.45, 2.75) is 11.3 Å². The number of hydrogen-bond acceptors (Lipinski definition) is 5. The van der Waals surface area contributed by atoms with Crippen LogP contribution in [0.15, 0.2) is 41.6 Å². The van der Waals surface area contributed by atoms with Gasteiger partial charge in [0.2, 0.25) is 0 Å². The molecule has 6 heteroatoms. The van der Waals surface area contributed by atoms with Crippen molar-refractivity contribution in [3.8, 4) is 0 Å². The van der Waals surface area contributed by atoms with Gasteiger partial charge in [-0.2, -0.15) is 0 Å². The van der Waals surface area contributed by atoms with Crippen molar-refractivity contribution < 1.29 is 4.92 Å². The molecule has 0 unspecified atom stereocenters. The lowest BCUT2D eigenvalue weighted by atomic mass is 10.1. The first kappa shape index (κ1) is 12.5. The molecule has 5 nitrogen and oxygen atoms in total. The van der Waals surface area contributed by atoms with Crippen LogP contribution in [-0.2, 0) is 6.42 Å². The summed E-state index contributed by atoms with van der Waals surface area (Å²) in [6.07, 6.45) is 5.07. The summed E-state index contributed by atoms with van der Waals surface area (Å²) < 4.78 is 0. The minimum absolute atomic E-state index is 0.0862. The molecule has 92 valence electrons. The molecular formula is C12H11N3O2S. The maximum Gasteiger partial charge on any atom is 0.305 e. The zero-order valence-electron chi connectivity index (χ0n) is 9.74. The Morgan fingerprint density at radius 2 is 1.94 bits per heavy atom. The highest BCUT2D eigenvalue weighted by Gasteiger charge is 2.08. The van der Waals surface area contributed by atoms with Crippen molar-refractivity contribution in [2.75, 3.05) is 6.26 Å².